The smallest absolute Gasteiger partial charge is 0.232 e. The van der Waals surface area contributed by atoms with Crippen molar-refractivity contribution >= 4 is 16.0 Å². The number of hydrogen-bond acceptors (Lipinski definition) is 6. The highest BCUT2D eigenvalue weighted by atomic mass is 32.2. The minimum Gasteiger partial charge on any atom is -0.343 e. The van der Waals surface area contributed by atoms with Gasteiger partial charge in [0.25, 0.3) is 0 Å². The number of guanidine groups is 1. The molecule has 0 saturated carbocycles. The summed E-state index contributed by atoms with van der Waals surface area (Å²) in [7, 11) is 0.785. The van der Waals surface area contributed by atoms with Crippen molar-refractivity contribution in [1.82, 2.24) is 19.8 Å². The molecule has 8 heteroatoms. The van der Waals surface area contributed by atoms with Gasteiger partial charge in [-0.15, -0.1) is 0 Å². The Bertz CT molecular complexity index is 351. The van der Waals surface area contributed by atoms with Crippen molar-refractivity contribution < 1.29 is 8.42 Å². The number of aliphatic imine (C=N–C) groups is 1. The predicted octanol–water partition coefficient (Wildman–Crippen LogP) is -1.73. The molecule has 0 bridgehead atoms. The SMILES string of the molecule is CN(C)CCN1CN=C(NS(C)(=O)=O)NC1. The molecule has 0 fully saturated rings. The second-order valence-electron chi connectivity index (χ2n) is 4.05. The maximum Gasteiger partial charge on any atom is 0.232 e. The number of likely N-dealkylation sites (N-methyl/N-ethyl adjacent to an activating group) is 1. The topological polar surface area (TPSA) is 77.0 Å². The van der Waals surface area contributed by atoms with Crippen molar-refractivity contribution in [2.75, 3.05) is 46.8 Å². The molecule has 94 valence electrons. The molecule has 1 heterocycles. The first-order valence-corrected chi connectivity index (χ1v) is 6.89. The van der Waals surface area contributed by atoms with Crippen molar-refractivity contribution in [3.05, 3.63) is 0 Å². The van der Waals surface area contributed by atoms with Gasteiger partial charge >= 0.3 is 0 Å². The average Bonchev–Trinajstić information content (AvgIpc) is 2.14. The van der Waals surface area contributed by atoms with Crippen LogP contribution in [0.3, 0.4) is 0 Å². The third kappa shape index (κ3) is 5.29. The van der Waals surface area contributed by atoms with E-state index in [0.29, 0.717) is 19.3 Å². The van der Waals surface area contributed by atoms with E-state index in [1.54, 1.807) is 0 Å². The van der Waals surface area contributed by atoms with Gasteiger partial charge in [-0.1, -0.05) is 0 Å². The van der Waals surface area contributed by atoms with Crippen LogP contribution in [0.25, 0.3) is 0 Å². The van der Waals surface area contributed by atoms with E-state index in [1.165, 1.54) is 0 Å². The summed E-state index contributed by atoms with van der Waals surface area (Å²) in [4.78, 5) is 8.28. The Morgan fingerprint density at radius 3 is 2.69 bits per heavy atom. The fraction of sp³-hybridized carbons (Fsp3) is 0.875. The van der Waals surface area contributed by atoms with Crippen molar-refractivity contribution in [3.63, 3.8) is 0 Å². The van der Waals surface area contributed by atoms with Crippen molar-refractivity contribution in [3.8, 4) is 0 Å². The van der Waals surface area contributed by atoms with E-state index in [2.05, 4.69) is 24.8 Å². The second kappa shape index (κ2) is 5.46. The number of nitrogens with one attached hydrogen (secondary N) is 2. The zero-order valence-corrected chi connectivity index (χ0v) is 10.7. The molecule has 2 N–H and O–H groups in total. The van der Waals surface area contributed by atoms with Crippen LogP contribution in [0, 0.1) is 0 Å². The third-order valence-electron chi connectivity index (χ3n) is 2.04. The Hall–Kier alpha value is -0.860. The van der Waals surface area contributed by atoms with Crippen LogP contribution in [-0.4, -0.2) is 71.0 Å². The van der Waals surface area contributed by atoms with Crippen LogP contribution in [0.15, 0.2) is 4.99 Å². The second-order valence-corrected chi connectivity index (χ2v) is 5.80. The number of rotatable bonds is 4. The van der Waals surface area contributed by atoms with Gasteiger partial charge < -0.3 is 10.2 Å². The molecule has 16 heavy (non-hydrogen) atoms. The first-order chi connectivity index (χ1) is 7.37. The quantitative estimate of drug-likeness (QED) is 0.619. The summed E-state index contributed by atoms with van der Waals surface area (Å²) in [5.74, 6) is 0.323. The summed E-state index contributed by atoms with van der Waals surface area (Å²) >= 11 is 0. The highest BCUT2D eigenvalue weighted by Gasteiger charge is 2.13. The van der Waals surface area contributed by atoms with Gasteiger partial charge in [-0.2, -0.15) is 0 Å². The first kappa shape index (κ1) is 13.2. The summed E-state index contributed by atoms with van der Waals surface area (Å²) in [6.45, 7) is 2.97. The van der Waals surface area contributed by atoms with Crippen molar-refractivity contribution in [1.29, 1.82) is 0 Å². The zero-order chi connectivity index (χ0) is 12.2. The summed E-state index contributed by atoms with van der Waals surface area (Å²) in [5.41, 5.74) is 0. The minimum absolute atomic E-state index is 0.323. The van der Waals surface area contributed by atoms with Gasteiger partial charge in [0, 0.05) is 13.1 Å². The molecule has 0 saturated heterocycles. The summed E-state index contributed by atoms with van der Waals surface area (Å²) < 4.78 is 24.2. The van der Waals surface area contributed by atoms with Gasteiger partial charge in [-0.3, -0.25) is 9.62 Å². The van der Waals surface area contributed by atoms with Gasteiger partial charge in [0.05, 0.1) is 19.6 Å². The third-order valence-corrected chi connectivity index (χ3v) is 2.61. The van der Waals surface area contributed by atoms with E-state index >= 15 is 0 Å². The van der Waals surface area contributed by atoms with Crippen LogP contribution in [-0.2, 0) is 10.0 Å². The Morgan fingerprint density at radius 1 is 1.56 bits per heavy atom. The molecule has 0 aromatic rings. The molecule has 0 amide bonds. The van der Waals surface area contributed by atoms with Crippen LogP contribution in [0.4, 0.5) is 0 Å². The highest BCUT2D eigenvalue weighted by molar-refractivity contribution is 7.89. The largest absolute Gasteiger partial charge is 0.343 e. The Balaban J connectivity index is 2.37. The molecule has 1 aliphatic heterocycles. The van der Waals surface area contributed by atoms with Gasteiger partial charge in [0.15, 0.2) is 0 Å². The van der Waals surface area contributed by atoms with Crippen molar-refractivity contribution in [2.45, 2.75) is 0 Å². The molecule has 1 rings (SSSR count). The standard InChI is InChI=1S/C8H19N5O2S/c1-12(2)4-5-13-6-9-8(10-7-13)11-16(3,14)15/h4-7H2,1-3H3,(H2,9,10,11). The normalized spacial score (nSPS) is 18.1. The molecule has 0 unspecified atom stereocenters. The summed E-state index contributed by atoms with van der Waals surface area (Å²) in [5, 5.41) is 2.92. The Kier molecular flexibility index (Phi) is 4.51. The average molecular weight is 249 g/mol. The molecule has 0 atom stereocenters. The number of hydrogen-bond donors (Lipinski definition) is 2. The lowest BCUT2D eigenvalue weighted by Crippen LogP contribution is -2.50. The van der Waals surface area contributed by atoms with E-state index in [1.807, 2.05) is 14.1 Å². The van der Waals surface area contributed by atoms with Crippen LogP contribution in [0.2, 0.25) is 0 Å². The van der Waals surface area contributed by atoms with Gasteiger partial charge in [0.1, 0.15) is 0 Å². The monoisotopic (exact) mass is 249 g/mol. The molecule has 0 aromatic carbocycles. The van der Waals surface area contributed by atoms with E-state index in [9.17, 15) is 8.42 Å². The highest BCUT2D eigenvalue weighted by Crippen LogP contribution is 1.93. The lowest BCUT2D eigenvalue weighted by Gasteiger charge is -2.27. The van der Waals surface area contributed by atoms with Crippen LogP contribution < -0.4 is 10.0 Å². The van der Waals surface area contributed by atoms with Crippen LogP contribution in [0.1, 0.15) is 0 Å². The van der Waals surface area contributed by atoms with Gasteiger partial charge in [0.2, 0.25) is 16.0 Å². The zero-order valence-electron chi connectivity index (χ0n) is 9.89. The maximum atomic E-state index is 10.9. The van der Waals surface area contributed by atoms with Crippen LogP contribution >= 0.6 is 0 Å². The van der Waals surface area contributed by atoms with Crippen molar-refractivity contribution in [2.24, 2.45) is 4.99 Å². The fourth-order valence-corrected chi connectivity index (χ4v) is 1.69. The predicted molar refractivity (Wildman–Crippen MR) is 63.5 cm³/mol. The molecule has 0 aromatic heterocycles. The van der Waals surface area contributed by atoms with E-state index < -0.39 is 10.0 Å². The molecule has 0 radical (unpaired) electrons. The molecule has 0 spiro atoms. The van der Waals surface area contributed by atoms with E-state index in [4.69, 9.17) is 0 Å². The molecule has 7 nitrogen and oxygen atoms in total. The summed E-state index contributed by atoms with van der Waals surface area (Å²) in [6, 6.07) is 0. The minimum atomic E-state index is -3.24. The lowest BCUT2D eigenvalue weighted by molar-refractivity contribution is 0.233. The molecule has 1 aliphatic rings. The molecular formula is C8H19N5O2S. The molecular weight excluding hydrogens is 230 g/mol. The van der Waals surface area contributed by atoms with E-state index in [-0.39, 0.29) is 0 Å². The Labute approximate surface area is 96.6 Å². The number of sulfonamides is 1. The van der Waals surface area contributed by atoms with Gasteiger partial charge in [-0.05, 0) is 14.1 Å². The molecule has 0 aliphatic carbocycles. The lowest BCUT2D eigenvalue weighted by atomic mass is 10.5. The summed E-state index contributed by atoms with van der Waals surface area (Å²) in [6.07, 6.45) is 1.11. The van der Waals surface area contributed by atoms with E-state index in [0.717, 1.165) is 19.3 Å². The maximum absolute atomic E-state index is 10.9. The number of nitrogens with zero attached hydrogens (tertiary/aromatic N) is 3. The van der Waals surface area contributed by atoms with Crippen LogP contribution in [0.5, 0.6) is 0 Å². The fourth-order valence-electron chi connectivity index (χ4n) is 1.20. The Morgan fingerprint density at radius 2 is 2.25 bits per heavy atom. The van der Waals surface area contributed by atoms with Gasteiger partial charge in [-0.25, -0.2) is 13.4 Å². The first-order valence-electron chi connectivity index (χ1n) is 5.00.